The van der Waals surface area contributed by atoms with Crippen LogP contribution in [0.1, 0.15) is 40.5 Å². The minimum absolute atomic E-state index is 0.0197. The van der Waals surface area contributed by atoms with E-state index in [0.717, 1.165) is 16.7 Å². The summed E-state index contributed by atoms with van der Waals surface area (Å²) >= 11 is 0. The van der Waals surface area contributed by atoms with E-state index in [0.29, 0.717) is 12.8 Å². The van der Waals surface area contributed by atoms with Crippen LogP contribution in [0, 0.1) is 11.3 Å². The van der Waals surface area contributed by atoms with E-state index in [9.17, 15) is 14.7 Å². The van der Waals surface area contributed by atoms with Crippen LogP contribution in [0.4, 0.5) is 0 Å². The lowest BCUT2D eigenvalue weighted by atomic mass is 9.61. The number of aliphatic hydroxyl groups excluding tert-OH is 1. The first-order valence-electron chi connectivity index (χ1n) is 10.4. The molecule has 2 aliphatic carbocycles. The molecule has 4 atom stereocenters. The Morgan fingerprint density at radius 2 is 1.90 bits per heavy atom. The fourth-order valence-electron chi connectivity index (χ4n) is 4.88. The number of esters is 1. The Bertz CT molecular complexity index is 989. The van der Waals surface area contributed by atoms with Crippen LogP contribution in [-0.4, -0.2) is 35.2 Å². The van der Waals surface area contributed by atoms with E-state index in [4.69, 9.17) is 9.47 Å². The molecule has 5 aliphatic rings. The van der Waals surface area contributed by atoms with Crippen LogP contribution in [-0.2, 0) is 19.1 Å². The number of hydrogen-bond acceptors (Lipinski definition) is 5. The number of fused-ring (bicyclic) bond motifs is 5. The Balaban J connectivity index is 1.95. The molecule has 4 bridgehead atoms. The maximum atomic E-state index is 13.8. The number of Topliss-reactive ketones (excluding diaryl/α,β-unsaturated/α-hetero) is 1. The van der Waals surface area contributed by atoms with Crippen molar-refractivity contribution in [3.05, 3.63) is 70.6 Å². The highest BCUT2D eigenvalue weighted by Gasteiger charge is 2.64. The molecule has 3 aliphatic heterocycles. The fraction of sp³-hybridized carbons (Fsp3) is 0.440. The zero-order valence-corrected chi connectivity index (χ0v) is 17.9. The molecule has 1 saturated heterocycles. The van der Waals surface area contributed by atoms with E-state index in [-0.39, 0.29) is 29.6 Å². The predicted octanol–water partition coefficient (Wildman–Crippen LogP) is 3.88. The van der Waals surface area contributed by atoms with E-state index in [1.54, 1.807) is 18.2 Å². The van der Waals surface area contributed by atoms with Crippen LogP contribution >= 0.6 is 0 Å². The molecule has 0 radical (unpaired) electrons. The van der Waals surface area contributed by atoms with Gasteiger partial charge in [-0.1, -0.05) is 48.5 Å². The first-order valence-corrected chi connectivity index (χ1v) is 10.4. The number of rotatable bonds is 0. The molecule has 0 saturated carbocycles. The van der Waals surface area contributed by atoms with E-state index >= 15 is 0 Å². The summed E-state index contributed by atoms with van der Waals surface area (Å²) in [5, 5.41) is 10.3. The number of ketones is 1. The molecular formula is C25H28O5. The summed E-state index contributed by atoms with van der Waals surface area (Å²) in [7, 11) is 0. The van der Waals surface area contributed by atoms with Gasteiger partial charge in [0.1, 0.15) is 17.9 Å². The Labute approximate surface area is 177 Å². The highest BCUT2D eigenvalue weighted by atomic mass is 16.6. The van der Waals surface area contributed by atoms with Crippen molar-refractivity contribution in [2.24, 2.45) is 11.3 Å². The summed E-state index contributed by atoms with van der Waals surface area (Å²) in [5.41, 5.74) is 0.782. The van der Waals surface area contributed by atoms with Crippen molar-refractivity contribution in [3.8, 4) is 0 Å². The largest absolute Gasteiger partial charge is 0.488 e. The predicted molar refractivity (Wildman–Crippen MR) is 113 cm³/mol. The average molecular weight is 408 g/mol. The van der Waals surface area contributed by atoms with Crippen LogP contribution < -0.4 is 0 Å². The number of carbonyl (C=O) groups is 2. The fourth-order valence-corrected chi connectivity index (χ4v) is 4.88. The highest BCUT2D eigenvalue weighted by molar-refractivity contribution is 6.26. The summed E-state index contributed by atoms with van der Waals surface area (Å²) in [6.45, 7) is 8.19. The van der Waals surface area contributed by atoms with Crippen molar-refractivity contribution >= 4 is 11.8 Å². The van der Waals surface area contributed by atoms with Crippen LogP contribution in [0.25, 0.3) is 0 Å². The molecule has 0 aromatic carbocycles. The molecular weight excluding hydrogens is 380 g/mol. The molecule has 0 aromatic rings. The Kier molecular flexibility index (Phi) is 4.97. The molecule has 1 N–H and O–H groups in total. The normalized spacial score (nSPS) is 41.4. The van der Waals surface area contributed by atoms with Crippen molar-refractivity contribution in [2.45, 2.75) is 52.2 Å². The van der Waals surface area contributed by atoms with Crippen molar-refractivity contribution in [1.29, 1.82) is 0 Å². The van der Waals surface area contributed by atoms with Gasteiger partial charge in [0.2, 0.25) is 5.78 Å². The van der Waals surface area contributed by atoms with Crippen molar-refractivity contribution in [1.82, 2.24) is 0 Å². The third kappa shape index (κ3) is 3.21. The number of carbonyl (C=O) groups excluding carboxylic acids is 2. The van der Waals surface area contributed by atoms with Crippen molar-refractivity contribution in [2.75, 3.05) is 6.61 Å². The molecule has 5 nitrogen and oxygen atoms in total. The Morgan fingerprint density at radius 1 is 1.13 bits per heavy atom. The Hall–Kier alpha value is -2.66. The lowest BCUT2D eigenvalue weighted by Gasteiger charge is -2.45. The molecule has 0 unspecified atom stereocenters. The van der Waals surface area contributed by atoms with Gasteiger partial charge in [-0.25, -0.2) is 4.79 Å². The number of allylic oxidation sites excluding steroid dienone is 4. The average Bonchev–Trinajstić information content (AvgIpc) is 2.91. The first kappa shape index (κ1) is 20.6. The molecule has 0 amide bonds. The molecule has 1 fully saturated rings. The number of aliphatic hydroxyl groups is 1. The van der Waals surface area contributed by atoms with Gasteiger partial charge in [0.25, 0.3) is 0 Å². The molecule has 0 aromatic heterocycles. The van der Waals surface area contributed by atoms with E-state index in [2.05, 4.69) is 13.0 Å². The second-order valence-corrected chi connectivity index (χ2v) is 9.02. The van der Waals surface area contributed by atoms with Crippen LogP contribution in [0.3, 0.4) is 0 Å². The lowest BCUT2D eigenvalue weighted by Crippen LogP contribution is -2.53. The standard InChI is InChI=1S/C25H28O5/c1-15-6-5-7-19(26)10-18-8-9-20(29-14-18)21-22(27)25(30-23(21)28)13-17(3)16(2)12-24(25,4)11-15/h5-6,8-12,17,19,26H,7,13-14H2,1-4H3/b6-5+,15-11+,18-10?,21-20-/t17-,19+,24+,25+/m0/s1. The quantitative estimate of drug-likeness (QED) is 0.374. The molecule has 3 heterocycles. The molecule has 30 heavy (non-hydrogen) atoms. The van der Waals surface area contributed by atoms with E-state index < -0.39 is 23.1 Å². The molecule has 1 spiro atoms. The van der Waals surface area contributed by atoms with E-state index in [1.165, 1.54) is 0 Å². The minimum atomic E-state index is -1.30. The summed E-state index contributed by atoms with van der Waals surface area (Å²) in [5.74, 6) is -0.603. The van der Waals surface area contributed by atoms with Crippen molar-refractivity contribution < 1.29 is 24.2 Å². The van der Waals surface area contributed by atoms with Crippen LogP contribution in [0.15, 0.2) is 70.6 Å². The maximum absolute atomic E-state index is 13.8. The van der Waals surface area contributed by atoms with E-state index in [1.807, 2.05) is 39.0 Å². The monoisotopic (exact) mass is 408 g/mol. The summed E-state index contributed by atoms with van der Waals surface area (Å²) < 4.78 is 11.7. The third-order valence-electron chi connectivity index (χ3n) is 6.62. The number of ether oxygens (including phenoxy) is 2. The van der Waals surface area contributed by atoms with Gasteiger partial charge in [-0.15, -0.1) is 0 Å². The molecule has 5 heteroatoms. The SMILES string of the molecule is CC1=C[C@@]2(C)/C=C(C)/C=C/C[C@@H](O)C=C3C=C/C(=C4/C(=O)O[C@]2(C[C@@H]1C)C4=O)OC3. The Morgan fingerprint density at radius 3 is 2.60 bits per heavy atom. The highest BCUT2D eigenvalue weighted by Crippen LogP contribution is 2.53. The second kappa shape index (κ2) is 7.24. The summed E-state index contributed by atoms with van der Waals surface area (Å²) in [4.78, 5) is 26.7. The molecule has 158 valence electrons. The smallest absolute Gasteiger partial charge is 0.346 e. The second-order valence-electron chi connectivity index (χ2n) is 9.02. The lowest BCUT2D eigenvalue weighted by molar-refractivity contribution is -0.162. The third-order valence-corrected chi connectivity index (χ3v) is 6.62. The van der Waals surface area contributed by atoms with Gasteiger partial charge in [0.05, 0.1) is 11.5 Å². The summed E-state index contributed by atoms with van der Waals surface area (Å²) in [6.07, 6.45) is 13.3. The van der Waals surface area contributed by atoms with Crippen LogP contribution in [0.5, 0.6) is 0 Å². The van der Waals surface area contributed by atoms with Crippen LogP contribution in [0.2, 0.25) is 0 Å². The van der Waals surface area contributed by atoms with Gasteiger partial charge < -0.3 is 14.6 Å². The van der Waals surface area contributed by atoms with Gasteiger partial charge in [0, 0.05) is 6.42 Å². The maximum Gasteiger partial charge on any atom is 0.346 e. The van der Waals surface area contributed by atoms with Gasteiger partial charge in [-0.3, -0.25) is 4.79 Å². The zero-order valence-electron chi connectivity index (χ0n) is 17.9. The molecule has 5 rings (SSSR count). The summed E-state index contributed by atoms with van der Waals surface area (Å²) in [6, 6.07) is 0. The first-order chi connectivity index (χ1) is 14.1. The number of hydrogen-bond donors (Lipinski definition) is 1. The topological polar surface area (TPSA) is 72.8 Å². The van der Waals surface area contributed by atoms with Gasteiger partial charge in [-0.05, 0) is 50.8 Å². The van der Waals surface area contributed by atoms with Gasteiger partial charge >= 0.3 is 5.97 Å². The van der Waals surface area contributed by atoms with Gasteiger partial charge in [0.15, 0.2) is 5.60 Å². The zero-order chi connectivity index (χ0) is 21.7. The van der Waals surface area contributed by atoms with Crippen molar-refractivity contribution in [3.63, 3.8) is 0 Å². The minimum Gasteiger partial charge on any atom is -0.488 e. The van der Waals surface area contributed by atoms with Gasteiger partial charge in [-0.2, -0.15) is 0 Å².